The van der Waals surface area contributed by atoms with Crippen LogP contribution in [0.1, 0.15) is 6.42 Å². The standard InChI is InChI=1S/C7H16N2O.Al.H/c1-8-4-6-9(2)5-3-7-10;;/h3-7H2,1-2H3;;/q-2;+2;. The van der Waals surface area contributed by atoms with E-state index < -0.39 is 0 Å². The minimum atomic E-state index is -0.362. The van der Waals surface area contributed by atoms with Crippen LogP contribution in [-0.2, 0) is 3.79 Å². The quantitative estimate of drug-likeness (QED) is 0.460. The Bertz CT molecular complexity index is 101. The van der Waals surface area contributed by atoms with Gasteiger partial charge in [-0.25, -0.2) is 0 Å². The van der Waals surface area contributed by atoms with Crippen LogP contribution < -0.4 is 0 Å². The van der Waals surface area contributed by atoms with Gasteiger partial charge in [0.1, 0.15) is 0 Å². The molecule has 11 heavy (non-hydrogen) atoms. The van der Waals surface area contributed by atoms with Crippen LogP contribution in [0.15, 0.2) is 0 Å². The summed E-state index contributed by atoms with van der Waals surface area (Å²) in [6.07, 6.45) is 1.19. The molecule has 1 saturated heterocycles. The lowest BCUT2D eigenvalue weighted by Crippen LogP contribution is -2.32. The Morgan fingerprint density at radius 1 is 1.18 bits per heavy atom. The van der Waals surface area contributed by atoms with E-state index in [2.05, 4.69) is 22.9 Å². The fraction of sp³-hybridized carbons (Fsp3) is 1.00. The van der Waals surface area contributed by atoms with Crippen molar-refractivity contribution in [2.45, 2.75) is 6.42 Å². The predicted octanol–water partition coefficient (Wildman–Crippen LogP) is -0.463. The summed E-state index contributed by atoms with van der Waals surface area (Å²) in [6.45, 7) is 4.50. The average molecular weight is 172 g/mol. The molecule has 1 aliphatic rings. The molecule has 0 unspecified atom stereocenters. The van der Waals surface area contributed by atoms with Crippen molar-refractivity contribution in [1.82, 2.24) is 8.78 Å². The lowest BCUT2D eigenvalue weighted by molar-refractivity contribution is 0.285. The van der Waals surface area contributed by atoms with Gasteiger partial charge in [0.15, 0.2) is 0 Å². The summed E-state index contributed by atoms with van der Waals surface area (Å²) in [7, 11) is 4.34. The van der Waals surface area contributed by atoms with Gasteiger partial charge in [0, 0.05) is 13.2 Å². The largest absolute Gasteiger partial charge is 0.554 e. The highest BCUT2D eigenvalue weighted by atomic mass is 27.1. The minimum Gasteiger partial charge on any atom is -0.491 e. The van der Waals surface area contributed by atoms with Crippen LogP contribution in [0.4, 0.5) is 0 Å². The average Bonchev–Trinajstić information content (AvgIpc) is 2.06. The topological polar surface area (TPSA) is 15.7 Å². The Labute approximate surface area is 75.6 Å². The lowest BCUT2D eigenvalue weighted by atomic mass is 10.4. The van der Waals surface area contributed by atoms with E-state index in [0.29, 0.717) is 0 Å². The molecule has 1 heterocycles. The summed E-state index contributed by atoms with van der Waals surface area (Å²) in [4.78, 5) is 2.37. The van der Waals surface area contributed by atoms with E-state index in [0.717, 1.165) is 6.61 Å². The second kappa shape index (κ2) is 5.13. The summed E-state index contributed by atoms with van der Waals surface area (Å²) in [5, 5.41) is 0. The fourth-order valence-electron chi connectivity index (χ4n) is 1.17. The SMILES string of the molecule is CN1CCC[O][AlH][N](C)CC1. The molecule has 0 radical (unpaired) electrons. The van der Waals surface area contributed by atoms with E-state index in [-0.39, 0.29) is 15.8 Å². The Morgan fingerprint density at radius 2 is 2.00 bits per heavy atom. The van der Waals surface area contributed by atoms with Gasteiger partial charge >= 0.3 is 15.8 Å². The first-order valence-electron chi connectivity index (χ1n) is 4.24. The molecule has 0 atom stereocenters. The molecule has 0 aromatic rings. The number of rotatable bonds is 0. The number of hydrogen-bond acceptors (Lipinski definition) is 3. The maximum atomic E-state index is 5.55. The van der Waals surface area contributed by atoms with Crippen LogP contribution in [0.25, 0.3) is 0 Å². The van der Waals surface area contributed by atoms with Crippen molar-refractivity contribution < 1.29 is 3.79 Å². The maximum absolute atomic E-state index is 5.55. The Hall–Kier alpha value is 0.412. The van der Waals surface area contributed by atoms with Crippen LogP contribution >= 0.6 is 0 Å². The van der Waals surface area contributed by atoms with Gasteiger partial charge in [-0.3, -0.25) is 0 Å². The summed E-state index contributed by atoms with van der Waals surface area (Å²) in [5.41, 5.74) is 0. The zero-order valence-electron chi connectivity index (χ0n) is 7.55. The molecule has 3 nitrogen and oxygen atoms in total. The summed E-state index contributed by atoms with van der Waals surface area (Å²) >= 11 is -0.362. The Balaban J connectivity index is 2.25. The smallest absolute Gasteiger partial charge is 0.491 e. The van der Waals surface area contributed by atoms with Gasteiger partial charge in [-0.15, -0.1) is 0 Å². The Morgan fingerprint density at radius 3 is 2.82 bits per heavy atom. The molecule has 64 valence electrons. The van der Waals surface area contributed by atoms with Gasteiger partial charge in [0.2, 0.25) is 0 Å². The van der Waals surface area contributed by atoms with Crippen LogP contribution in [0.5, 0.6) is 0 Å². The fourth-order valence-corrected chi connectivity index (χ4v) is 2.09. The molecular weight excluding hydrogens is 155 g/mol. The number of hydrogen-bond donors (Lipinski definition) is 0. The third-order valence-corrected chi connectivity index (χ3v) is 3.23. The van der Waals surface area contributed by atoms with E-state index in [9.17, 15) is 0 Å². The van der Waals surface area contributed by atoms with Crippen molar-refractivity contribution >= 4 is 15.8 Å². The molecule has 0 aliphatic carbocycles. The summed E-state index contributed by atoms with van der Waals surface area (Å²) in [6, 6.07) is 0. The van der Waals surface area contributed by atoms with Crippen LogP contribution in [0.3, 0.4) is 0 Å². The summed E-state index contributed by atoms with van der Waals surface area (Å²) < 4.78 is 7.90. The van der Waals surface area contributed by atoms with Crippen LogP contribution in [0, 0.1) is 0 Å². The van der Waals surface area contributed by atoms with Gasteiger partial charge in [-0.1, -0.05) is 0 Å². The third kappa shape index (κ3) is 4.10. The third-order valence-electron chi connectivity index (χ3n) is 2.00. The zero-order chi connectivity index (χ0) is 8.10. The van der Waals surface area contributed by atoms with E-state index in [1.807, 2.05) is 0 Å². The maximum Gasteiger partial charge on any atom is 0.554 e. The normalized spacial score (nSPS) is 24.9. The highest BCUT2D eigenvalue weighted by molar-refractivity contribution is 6.23. The Kier molecular flexibility index (Phi) is 4.43. The van der Waals surface area contributed by atoms with Gasteiger partial charge in [0.05, 0.1) is 0 Å². The molecule has 0 amide bonds. The monoisotopic (exact) mass is 172 g/mol. The molecule has 1 rings (SSSR count). The van der Waals surface area contributed by atoms with E-state index in [1.54, 1.807) is 0 Å². The molecule has 4 heteroatoms. The second-order valence-electron chi connectivity index (χ2n) is 3.27. The number of nitrogens with zero attached hydrogens (tertiary/aromatic N) is 2. The molecule has 0 bridgehead atoms. The van der Waals surface area contributed by atoms with E-state index in [4.69, 9.17) is 3.79 Å². The van der Waals surface area contributed by atoms with Crippen molar-refractivity contribution in [3.63, 3.8) is 0 Å². The molecule has 0 aromatic carbocycles. The minimum absolute atomic E-state index is 0.362. The first kappa shape index (κ1) is 9.50. The first-order chi connectivity index (χ1) is 5.29. The van der Waals surface area contributed by atoms with E-state index >= 15 is 0 Å². The highest BCUT2D eigenvalue weighted by Gasteiger charge is 2.08. The van der Waals surface area contributed by atoms with Crippen molar-refractivity contribution in [3.8, 4) is 0 Å². The van der Waals surface area contributed by atoms with Gasteiger partial charge in [-0.05, 0) is 33.6 Å². The van der Waals surface area contributed by atoms with Crippen LogP contribution in [-0.4, -0.2) is 64.9 Å². The lowest BCUT2D eigenvalue weighted by Gasteiger charge is -2.18. The number of likely N-dealkylation sites (N-methyl/N-ethyl adjacent to an activating group) is 2. The second-order valence-corrected chi connectivity index (χ2v) is 5.02. The zero-order valence-corrected chi connectivity index (χ0v) is 8.96. The van der Waals surface area contributed by atoms with Crippen molar-refractivity contribution in [2.24, 2.45) is 0 Å². The molecular formula is C7H17AlN2O. The van der Waals surface area contributed by atoms with Crippen molar-refractivity contribution in [3.05, 3.63) is 0 Å². The van der Waals surface area contributed by atoms with Gasteiger partial charge in [-0.2, -0.15) is 0 Å². The van der Waals surface area contributed by atoms with E-state index in [1.165, 1.54) is 26.1 Å². The van der Waals surface area contributed by atoms with Crippen molar-refractivity contribution in [1.29, 1.82) is 0 Å². The van der Waals surface area contributed by atoms with Gasteiger partial charge in [0.25, 0.3) is 0 Å². The van der Waals surface area contributed by atoms with Crippen molar-refractivity contribution in [2.75, 3.05) is 40.3 Å². The highest BCUT2D eigenvalue weighted by Crippen LogP contribution is 1.93. The molecule has 0 saturated carbocycles. The summed E-state index contributed by atoms with van der Waals surface area (Å²) in [5.74, 6) is 0. The molecule has 0 aromatic heterocycles. The molecule has 0 spiro atoms. The first-order valence-corrected chi connectivity index (χ1v) is 5.45. The molecule has 0 N–H and O–H groups in total. The van der Waals surface area contributed by atoms with Gasteiger partial charge < -0.3 is 12.6 Å². The van der Waals surface area contributed by atoms with Crippen LogP contribution in [0.2, 0.25) is 0 Å². The predicted molar refractivity (Wildman–Crippen MR) is 47.8 cm³/mol. The molecule has 1 fully saturated rings. The molecule has 1 aliphatic heterocycles.